The van der Waals surface area contributed by atoms with Crippen LogP contribution in [0.3, 0.4) is 0 Å². The second kappa shape index (κ2) is 12.6. The summed E-state index contributed by atoms with van der Waals surface area (Å²) in [5.41, 5.74) is 5.19. The Kier molecular flexibility index (Phi) is 11.4. The Morgan fingerprint density at radius 2 is 1.43 bits per heavy atom. The fourth-order valence-corrected chi connectivity index (χ4v) is 2.22. The molecule has 0 aliphatic carbocycles. The standard InChI is InChI=1S/C16H28N4O8/c1-8(2)5-10(15(26)20-11(7-21)16(27)28)19-14(25)9(3-4-13(23)24)18-12(22)6-17/h8-11,21H,3-7,17H2,1-2H3,(H,18,22)(H,19,25)(H,20,26)(H,23,24)(H,27,28)/t9-,10-,11-/m0/s1. The number of carboxylic acid groups (broad SMARTS) is 2. The molecule has 28 heavy (non-hydrogen) atoms. The molecule has 0 saturated heterocycles. The number of nitrogens with two attached hydrogens (primary N) is 1. The van der Waals surface area contributed by atoms with Gasteiger partial charge in [-0.25, -0.2) is 4.79 Å². The molecule has 3 amide bonds. The Hall–Kier alpha value is -2.73. The molecule has 0 unspecified atom stereocenters. The summed E-state index contributed by atoms with van der Waals surface area (Å²) in [4.78, 5) is 58.1. The molecule has 0 spiro atoms. The number of carbonyl (C=O) groups is 5. The predicted molar refractivity (Wildman–Crippen MR) is 95.9 cm³/mol. The molecule has 0 heterocycles. The maximum absolute atomic E-state index is 12.5. The molecule has 0 saturated carbocycles. The van der Waals surface area contributed by atoms with Crippen LogP contribution in [0.2, 0.25) is 0 Å². The normalized spacial score (nSPS) is 13.9. The largest absolute Gasteiger partial charge is 0.481 e. The van der Waals surface area contributed by atoms with Crippen molar-refractivity contribution in [3.8, 4) is 0 Å². The molecule has 160 valence electrons. The number of aliphatic carboxylic acids is 2. The molecule has 12 heteroatoms. The van der Waals surface area contributed by atoms with Gasteiger partial charge in [-0.15, -0.1) is 0 Å². The minimum Gasteiger partial charge on any atom is -0.481 e. The van der Waals surface area contributed by atoms with E-state index in [-0.39, 0.29) is 18.8 Å². The second-order valence-electron chi connectivity index (χ2n) is 6.53. The summed E-state index contributed by atoms with van der Waals surface area (Å²) in [5.74, 6) is -5.00. The van der Waals surface area contributed by atoms with Crippen molar-refractivity contribution >= 4 is 29.7 Å². The van der Waals surface area contributed by atoms with Gasteiger partial charge in [0.15, 0.2) is 0 Å². The van der Waals surface area contributed by atoms with Crippen molar-refractivity contribution in [3.63, 3.8) is 0 Å². The van der Waals surface area contributed by atoms with E-state index in [2.05, 4.69) is 16.0 Å². The van der Waals surface area contributed by atoms with Crippen LogP contribution < -0.4 is 21.7 Å². The van der Waals surface area contributed by atoms with Gasteiger partial charge in [0.1, 0.15) is 18.1 Å². The first-order chi connectivity index (χ1) is 13.0. The fourth-order valence-electron chi connectivity index (χ4n) is 2.22. The monoisotopic (exact) mass is 404 g/mol. The number of aliphatic hydroxyl groups excluding tert-OH is 1. The van der Waals surface area contributed by atoms with Crippen molar-refractivity contribution in [3.05, 3.63) is 0 Å². The first-order valence-corrected chi connectivity index (χ1v) is 8.67. The van der Waals surface area contributed by atoms with Gasteiger partial charge >= 0.3 is 11.9 Å². The van der Waals surface area contributed by atoms with Crippen LogP contribution in [0.1, 0.15) is 33.1 Å². The summed E-state index contributed by atoms with van der Waals surface area (Å²) in [5, 5.41) is 33.5. The zero-order chi connectivity index (χ0) is 21.9. The highest BCUT2D eigenvalue weighted by Gasteiger charge is 2.29. The van der Waals surface area contributed by atoms with Crippen LogP contribution in [0.15, 0.2) is 0 Å². The third-order valence-electron chi connectivity index (χ3n) is 3.62. The zero-order valence-corrected chi connectivity index (χ0v) is 15.8. The topological polar surface area (TPSA) is 208 Å². The smallest absolute Gasteiger partial charge is 0.328 e. The quantitative estimate of drug-likeness (QED) is 0.171. The van der Waals surface area contributed by atoms with Crippen LogP contribution in [0.4, 0.5) is 0 Å². The van der Waals surface area contributed by atoms with Crippen molar-refractivity contribution in [1.82, 2.24) is 16.0 Å². The Balaban J connectivity index is 5.29. The van der Waals surface area contributed by atoms with Gasteiger partial charge in [-0.2, -0.15) is 0 Å². The first kappa shape index (κ1) is 25.3. The fraction of sp³-hybridized carbons (Fsp3) is 0.688. The van der Waals surface area contributed by atoms with Crippen molar-refractivity contribution < 1.29 is 39.3 Å². The maximum atomic E-state index is 12.5. The highest BCUT2D eigenvalue weighted by atomic mass is 16.4. The summed E-state index contributed by atoms with van der Waals surface area (Å²) in [6, 6.07) is -3.93. The van der Waals surface area contributed by atoms with E-state index < -0.39 is 67.4 Å². The van der Waals surface area contributed by atoms with Crippen molar-refractivity contribution in [2.75, 3.05) is 13.2 Å². The number of hydrogen-bond acceptors (Lipinski definition) is 7. The zero-order valence-electron chi connectivity index (χ0n) is 15.8. The van der Waals surface area contributed by atoms with Gasteiger partial charge in [-0.05, 0) is 18.8 Å². The molecule has 0 fully saturated rings. The minimum atomic E-state index is -1.54. The molecule has 0 aliphatic rings. The molecular formula is C16H28N4O8. The molecule has 0 aliphatic heterocycles. The van der Waals surface area contributed by atoms with Crippen LogP contribution in [0.25, 0.3) is 0 Å². The summed E-state index contributed by atoms with van der Waals surface area (Å²) >= 11 is 0. The number of rotatable bonds is 13. The molecule has 3 atom stereocenters. The lowest BCUT2D eigenvalue weighted by Gasteiger charge is -2.25. The lowest BCUT2D eigenvalue weighted by Crippen LogP contribution is -2.57. The molecule has 0 rings (SSSR count). The molecule has 8 N–H and O–H groups in total. The van der Waals surface area contributed by atoms with E-state index in [1.807, 2.05) is 0 Å². The number of carbonyl (C=O) groups excluding carboxylic acids is 3. The number of aliphatic hydroxyl groups is 1. The van der Waals surface area contributed by atoms with E-state index in [4.69, 9.17) is 21.1 Å². The highest BCUT2D eigenvalue weighted by Crippen LogP contribution is 2.07. The SMILES string of the molecule is CC(C)C[C@H](NC(=O)[C@H](CCC(=O)O)NC(=O)CN)C(=O)N[C@@H](CO)C(=O)O. The van der Waals surface area contributed by atoms with Crippen molar-refractivity contribution in [2.45, 2.75) is 51.2 Å². The second-order valence-corrected chi connectivity index (χ2v) is 6.53. The third-order valence-corrected chi connectivity index (χ3v) is 3.62. The maximum Gasteiger partial charge on any atom is 0.328 e. The average Bonchev–Trinajstić information content (AvgIpc) is 2.60. The van der Waals surface area contributed by atoms with Gasteiger partial charge in [-0.1, -0.05) is 13.8 Å². The third kappa shape index (κ3) is 9.83. The Morgan fingerprint density at radius 1 is 0.893 bits per heavy atom. The summed E-state index contributed by atoms with van der Waals surface area (Å²) in [6.45, 7) is 2.29. The van der Waals surface area contributed by atoms with E-state index in [9.17, 15) is 24.0 Å². The van der Waals surface area contributed by atoms with Crippen molar-refractivity contribution in [2.24, 2.45) is 11.7 Å². The number of nitrogens with one attached hydrogen (secondary N) is 3. The summed E-state index contributed by atoms with van der Waals surface area (Å²) < 4.78 is 0. The van der Waals surface area contributed by atoms with Gasteiger partial charge < -0.3 is 37.0 Å². The van der Waals surface area contributed by atoms with Gasteiger partial charge in [0.25, 0.3) is 0 Å². The van der Waals surface area contributed by atoms with Gasteiger partial charge in [0.2, 0.25) is 17.7 Å². The van der Waals surface area contributed by atoms with E-state index >= 15 is 0 Å². The number of hydrogen-bond donors (Lipinski definition) is 7. The molecule has 0 aromatic rings. The molecule has 0 bridgehead atoms. The Morgan fingerprint density at radius 3 is 1.86 bits per heavy atom. The van der Waals surface area contributed by atoms with Gasteiger partial charge in [-0.3, -0.25) is 19.2 Å². The number of carboxylic acids is 2. The van der Waals surface area contributed by atoms with Crippen LogP contribution in [0.5, 0.6) is 0 Å². The average molecular weight is 404 g/mol. The number of amides is 3. The lowest BCUT2D eigenvalue weighted by molar-refractivity contribution is -0.143. The van der Waals surface area contributed by atoms with Crippen molar-refractivity contribution in [1.29, 1.82) is 0 Å². The Labute approximate surface area is 161 Å². The molecule has 12 nitrogen and oxygen atoms in total. The highest BCUT2D eigenvalue weighted by molar-refractivity contribution is 5.93. The van der Waals surface area contributed by atoms with E-state index in [1.54, 1.807) is 13.8 Å². The predicted octanol–water partition coefficient (Wildman–Crippen LogP) is -2.61. The summed E-state index contributed by atoms with van der Waals surface area (Å²) in [7, 11) is 0. The van der Waals surface area contributed by atoms with Crippen LogP contribution in [0, 0.1) is 5.92 Å². The van der Waals surface area contributed by atoms with E-state index in [0.29, 0.717) is 0 Å². The lowest BCUT2D eigenvalue weighted by atomic mass is 10.0. The minimum absolute atomic E-state index is 0.0652. The van der Waals surface area contributed by atoms with Gasteiger partial charge in [0.05, 0.1) is 13.2 Å². The molecule has 0 radical (unpaired) electrons. The molecule has 0 aromatic carbocycles. The first-order valence-electron chi connectivity index (χ1n) is 8.67. The van der Waals surface area contributed by atoms with Crippen LogP contribution in [-0.2, 0) is 24.0 Å². The molecular weight excluding hydrogens is 376 g/mol. The van der Waals surface area contributed by atoms with E-state index in [0.717, 1.165) is 0 Å². The van der Waals surface area contributed by atoms with Crippen LogP contribution >= 0.6 is 0 Å². The Bertz CT molecular complexity index is 581. The van der Waals surface area contributed by atoms with Gasteiger partial charge in [0, 0.05) is 6.42 Å². The summed E-state index contributed by atoms with van der Waals surface area (Å²) in [6.07, 6.45) is -0.487. The van der Waals surface area contributed by atoms with Crippen LogP contribution in [-0.4, -0.2) is 76.3 Å². The van der Waals surface area contributed by atoms with E-state index in [1.165, 1.54) is 0 Å². The molecule has 0 aromatic heterocycles.